The fourth-order valence-corrected chi connectivity index (χ4v) is 2.94. The smallest absolute Gasteiger partial charge is 0.121 e. The summed E-state index contributed by atoms with van der Waals surface area (Å²) in [5, 5.41) is 3.65. The number of rotatable bonds is 6. The van der Waals surface area contributed by atoms with E-state index >= 15 is 0 Å². The van der Waals surface area contributed by atoms with Crippen molar-refractivity contribution in [3.63, 3.8) is 0 Å². The lowest BCUT2D eigenvalue weighted by molar-refractivity contribution is 0.0316. The maximum absolute atomic E-state index is 6.08. The molecule has 3 heteroatoms. The highest BCUT2D eigenvalue weighted by atomic mass is 16.5. The predicted octanol–water partition coefficient (Wildman–Crippen LogP) is 3.61. The first-order chi connectivity index (χ1) is 9.65. The summed E-state index contributed by atoms with van der Waals surface area (Å²) in [6.45, 7) is 7.47. The lowest BCUT2D eigenvalue weighted by Gasteiger charge is -2.26. The maximum Gasteiger partial charge on any atom is 0.121 e. The van der Waals surface area contributed by atoms with Crippen LogP contribution in [0.25, 0.3) is 0 Å². The van der Waals surface area contributed by atoms with Gasteiger partial charge in [0.25, 0.3) is 0 Å². The minimum atomic E-state index is 0.282. The summed E-state index contributed by atoms with van der Waals surface area (Å²) >= 11 is 0. The maximum atomic E-state index is 6.08. The lowest BCUT2D eigenvalue weighted by Crippen LogP contribution is -2.32. The molecule has 1 aromatic rings. The SMILES string of the molecule is CCCNC(c1ccc(OC)c(C)c1)C1CCC(C)O1. The van der Waals surface area contributed by atoms with Crippen LogP contribution in [-0.2, 0) is 4.74 Å². The molecule has 1 aliphatic rings. The molecule has 1 aliphatic heterocycles. The molecule has 0 aromatic heterocycles. The van der Waals surface area contributed by atoms with Crippen molar-refractivity contribution in [2.24, 2.45) is 0 Å². The van der Waals surface area contributed by atoms with Gasteiger partial charge in [0, 0.05) is 0 Å². The van der Waals surface area contributed by atoms with Crippen LogP contribution in [0, 0.1) is 6.92 Å². The molecule has 20 heavy (non-hydrogen) atoms. The Balaban J connectivity index is 2.19. The second kappa shape index (κ2) is 7.09. The second-order valence-electron chi connectivity index (χ2n) is 5.72. The predicted molar refractivity (Wildman–Crippen MR) is 82.3 cm³/mol. The molecule has 0 spiro atoms. The van der Waals surface area contributed by atoms with E-state index in [-0.39, 0.29) is 12.1 Å². The summed E-state index contributed by atoms with van der Waals surface area (Å²) in [6.07, 6.45) is 4.08. The highest BCUT2D eigenvalue weighted by Crippen LogP contribution is 2.32. The Labute approximate surface area is 122 Å². The first-order valence-electron chi connectivity index (χ1n) is 7.69. The molecule has 3 atom stereocenters. The first-order valence-corrected chi connectivity index (χ1v) is 7.69. The van der Waals surface area contributed by atoms with Gasteiger partial charge in [-0.1, -0.05) is 19.1 Å². The van der Waals surface area contributed by atoms with Crippen LogP contribution in [-0.4, -0.2) is 25.9 Å². The standard InChI is InChI=1S/C17H27NO2/c1-5-10-18-17(16-8-6-13(3)20-16)14-7-9-15(19-4)12(2)11-14/h7,9,11,13,16-18H,5-6,8,10H2,1-4H3. The van der Waals surface area contributed by atoms with Crippen LogP contribution < -0.4 is 10.1 Å². The van der Waals surface area contributed by atoms with Crippen molar-refractivity contribution in [2.45, 2.75) is 58.3 Å². The van der Waals surface area contributed by atoms with Gasteiger partial charge in [-0.05, 0) is 56.8 Å². The number of methoxy groups -OCH3 is 1. The molecule has 1 saturated heterocycles. The molecular weight excluding hydrogens is 250 g/mol. The molecule has 2 rings (SSSR count). The van der Waals surface area contributed by atoms with Crippen molar-refractivity contribution < 1.29 is 9.47 Å². The summed E-state index contributed by atoms with van der Waals surface area (Å²) in [6, 6.07) is 6.72. The van der Waals surface area contributed by atoms with Gasteiger partial charge in [0.05, 0.1) is 25.4 Å². The third-order valence-corrected chi connectivity index (χ3v) is 4.03. The zero-order chi connectivity index (χ0) is 14.5. The summed E-state index contributed by atoms with van der Waals surface area (Å²) in [5.41, 5.74) is 2.48. The quantitative estimate of drug-likeness (QED) is 0.861. The molecule has 1 fully saturated rings. The molecule has 112 valence electrons. The van der Waals surface area contributed by atoms with Crippen LogP contribution >= 0.6 is 0 Å². The van der Waals surface area contributed by atoms with Gasteiger partial charge in [-0.15, -0.1) is 0 Å². The van der Waals surface area contributed by atoms with Crippen LogP contribution in [0.15, 0.2) is 18.2 Å². The van der Waals surface area contributed by atoms with E-state index in [9.17, 15) is 0 Å². The van der Waals surface area contributed by atoms with Gasteiger partial charge in [-0.25, -0.2) is 0 Å². The zero-order valence-electron chi connectivity index (χ0n) is 13.1. The van der Waals surface area contributed by atoms with E-state index in [4.69, 9.17) is 9.47 Å². The molecule has 1 aromatic carbocycles. The van der Waals surface area contributed by atoms with E-state index in [2.05, 4.69) is 44.3 Å². The van der Waals surface area contributed by atoms with Crippen LogP contribution in [0.4, 0.5) is 0 Å². The molecule has 0 saturated carbocycles. The largest absolute Gasteiger partial charge is 0.496 e. The molecule has 0 aliphatic carbocycles. The van der Waals surface area contributed by atoms with E-state index < -0.39 is 0 Å². The third kappa shape index (κ3) is 3.53. The fraction of sp³-hybridized carbons (Fsp3) is 0.647. The minimum Gasteiger partial charge on any atom is -0.496 e. The van der Waals surface area contributed by atoms with Crippen molar-refractivity contribution in [2.75, 3.05) is 13.7 Å². The monoisotopic (exact) mass is 277 g/mol. The Hall–Kier alpha value is -1.06. The van der Waals surface area contributed by atoms with Gasteiger partial charge < -0.3 is 14.8 Å². The highest BCUT2D eigenvalue weighted by Gasteiger charge is 2.30. The average Bonchev–Trinajstić information content (AvgIpc) is 2.86. The molecular formula is C17H27NO2. The summed E-state index contributed by atoms with van der Waals surface area (Å²) in [5.74, 6) is 0.948. The normalized spacial score (nSPS) is 23.8. The van der Waals surface area contributed by atoms with E-state index in [0.717, 1.165) is 31.6 Å². The second-order valence-corrected chi connectivity index (χ2v) is 5.72. The number of benzene rings is 1. The van der Waals surface area contributed by atoms with Crippen molar-refractivity contribution in [1.82, 2.24) is 5.32 Å². The summed E-state index contributed by atoms with van der Waals surface area (Å²) in [7, 11) is 1.72. The first kappa shape index (κ1) is 15.3. The fourth-order valence-electron chi connectivity index (χ4n) is 2.94. The molecule has 3 unspecified atom stereocenters. The Bertz CT molecular complexity index is 433. The number of aryl methyl sites for hydroxylation is 1. The van der Waals surface area contributed by atoms with Crippen molar-refractivity contribution in [1.29, 1.82) is 0 Å². The topological polar surface area (TPSA) is 30.5 Å². The Morgan fingerprint density at radius 3 is 2.75 bits per heavy atom. The Morgan fingerprint density at radius 2 is 2.20 bits per heavy atom. The van der Waals surface area contributed by atoms with Crippen LogP contribution in [0.3, 0.4) is 0 Å². The van der Waals surface area contributed by atoms with Crippen LogP contribution in [0.5, 0.6) is 5.75 Å². The zero-order valence-corrected chi connectivity index (χ0v) is 13.1. The van der Waals surface area contributed by atoms with Gasteiger partial charge in [-0.3, -0.25) is 0 Å². The summed E-state index contributed by atoms with van der Waals surface area (Å²) < 4.78 is 11.4. The molecule has 0 radical (unpaired) electrons. The van der Waals surface area contributed by atoms with E-state index in [0.29, 0.717) is 6.10 Å². The Kier molecular flexibility index (Phi) is 5.44. The van der Waals surface area contributed by atoms with E-state index in [1.165, 1.54) is 11.1 Å². The number of ether oxygens (including phenoxy) is 2. The van der Waals surface area contributed by atoms with Crippen LogP contribution in [0.2, 0.25) is 0 Å². The van der Waals surface area contributed by atoms with E-state index in [1.807, 2.05) is 0 Å². The average molecular weight is 277 g/mol. The van der Waals surface area contributed by atoms with Gasteiger partial charge in [0.2, 0.25) is 0 Å². The molecule has 3 nitrogen and oxygen atoms in total. The molecule has 1 N–H and O–H groups in total. The van der Waals surface area contributed by atoms with Gasteiger partial charge >= 0.3 is 0 Å². The lowest BCUT2D eigenvalue weighted by atomic mass is 9.97. The van der Waals surface area contributed by atoms with Crippen molar-refractivity contribution >= 4 is 0 Å². The van der Waals surface area contributed by atoms with E-state index in [1.54, 1.807) is 7.11 Å². The number of hydrogen-bond donors (Lipinski definition) is 1. The van der Waals surface area contributed by atoms with Crippen molar-refractivity contribution in [3.8, 4) is 5.75 Å². The molecule has 0 amide bonds. The van der Waals surface area contributed by atoms with Gasteiger partial charge in [0.1, 0.15) is 5.75 Å². The summed E-state index contributed by atoms with van der Waals surface area (Å²) in [4.78, 5) is 0. The number of nitrogens with one attached hydrogen (secondary N) is 1. The minimum absolute atomic E-state index is 0.282. The molecule has 1 heterocycles. The highest BCUT2D eigenvalue weighted by molar-refractivity contribution is 5.37. The van der Waals surface area contributed by atoms with Crippen LogP contribution in [0.1, 0.15) is 50.3 Å². The van der Waals surface area contributed by atoms with Gasteiger partial charge in [0.15, 0.2) is 0 Å². The number of hydrogen-bond acceptors (Lipinski definition) is 3. The van der Waals surface area contributed by atoms with Gasteiger partial charge in [-0.2, -0.15) is 0 Å². The molecule has 0 bridgehead atoms. The Morgan fingerprint density at radius 1 is 1.40 bits per heavy atom. The van der Waals surface area contributed by atoms with Crippen molar-refractivity contribution in [3.05, 3.63) is 29.3 Å². The third-order valence-electron chi connectivity index (χ3n) is 4.03.